The highest BCUT2D eigenvalue weighted by atomic mass is 35.5. The third-order valence-electron chi connectivity index (χ3n) is 21.6. The summed E-state index contributed by atoms with van der Waals surface area (Å²) < 4.78 is 6.32. The van der Waals surface area contributed by atoms with Crippen LogP contribution in [0.5, 0.6) is 0 Å². The van der Waals surface area contributed by atoms with Gasteiger partial charge in [-0.1, -0.05) is 174 Å². The zero-order chi connectivity index (χ0) is 90.3. The van der Waals surface area contributed by atoms with Gasteiger partial charge in [-0.25, -0.2) is 4.79 Å². The lowest BCUT2D eigenvalue weighted by molar-refractivity contribution is -0.143. The number of carbonyl (C=O) groups excluding carboxylic acids is 14. The summed E-state index contributed by atoms with van der Waals surface area (Å²) in [4.78, 5) is 206. The predicted molar refractivity (Wildman–Crippen MR) is 515 cm³/mol. The van der Waals surface area contributed by atoms with E-state index in [1.807, 2.05) is 56.3 Å². The molecule has 0 spiro atoms. The van der Waals surface area contributed by atoms with Crippen molar-refractivity contribution in [3.8, 4) is 0 Å². The van der Waals surface area contributed by atoms with Crippen molar-refractivity contribution in [2.24, 2.45) is 47.2 Å². The van der Waals surface area contributed by atoms with Gasteiger partial charge >= 0.3 is 6.03 Å². The number of unbranched alkanes of at least 4 members (excludes halogenated alkanes) is 2. The summed E-state index contributed by atoms with van der Waals surface area (Å²) in [6, 6.07) is 29.6. The van der Waals surface area contributed by atoms with Gasteiger partial charge in [0, 0.05) is 91.1 Å². The Bertz CT molecular complexity index is 4670. The van der Waals surface area contributed by atoms with Gasteiger partial charge in [0.2, 0.25) is 59.1 Å². The largest absolute Gasteiger partial charge is 0.368 e. The molecule has 2 aliphatic rings. The van der Waals surface area contributed by atoms with Crippen LogP contribution in [0, 0.1) is 41.4 Å². The van der Waals surface area contributed by atoms with Gasteiger partial charge in [-0.3, -0.25) is 72.6 Å². The number of nitrogens with zero attached hydrogens (tertiary/aromatic N) is 2. The molecule has 0 bridgehead atoms. The molecule has 38 heteroatoms. The number of nitrogens with one attached hydrogen (secondary N) is 9. The van der Waals surface area contributed by atoms with Crippen LogP contribution >= 0.6 is 94.1 Å². The SMILES string of the molecule is CC(C)CCCCC[C@H](NC(=O)[C@@H](CC(=O)[C@@H](Cc1ccc(NC(=O)NP(PP)P(P)P)cc1)NC(=O)[C@@H](CC(=O)[C@H](COP(P)PP)NC(=O)[C@H](CC(=O)[C@@H](Cc1ccc(Cl)cc1)NC(=O)[C@H](C)Cc1ccc2ccccc2c1)Cc1cccnc1)Cc1ccc(NC(=O)C2CC(=O)NC(=O)C2)cc1)CC(C)C)C(=O)N1CCC[C@H]1C(=O)N[C@H](C)C(N)=O. The first-order valence-electron chi connectivity index (χ1n) is 41.5. The number of nitrogens with two attached hydrogens (primary N) is 1. The Labute approximate surface area is 749 Å². The second-order valence-corrected chi connectivity index (χ2v) is 59.3. The number of fused-ring (bicyclic) bond motifs is 1. The molecule has 27 nitrogen and oxygen atoms in total. The number of primary amides is 1. The van der Waals surface area contributed by atoms with E-state index in [2.05, 4.69) is 111 Å². The van der Waals surface area contributed by atoms with Gasteiger partial charge in [-0.15, -0.1) is 35.7 Å². The molecule has 0 radical (unpaired) electrons. The molecule has 668 valence electrons. The summed E-state index contributed by atoms with van der Waals surface area (Å²) in [5, 5.41) is 28.0. The van der Waals surface area contributed by atoms with E-state index in [1.165, 1.54) is 11.8 Å². The van der Waals surface area contributed by atoms with Gasteiger partial charge in [-0.05, 0) is 173 Å². The number of likely N-dealkylation sites (tertiary alicyclic amines) is 1. The standard InChI is InChI=1S/C86H117ClN12O15P10/c1-50(2)14-8-7-9-18-68(85(112)99-35-13-19-72(99)84(111)90-53(6)78(88)105)93-81(108)61(36-51(3)4)43-73(100)70(42-56-25-32-67(33-26-56)92-86(113)98-122(120-115)124(118)119)95-82(109)62(38-54-23-30-66(31-24-54)91-80(107)64-46-76(103)97-77(104)47-64)45-75(102)71(49-114-123(117)121-116)96-83(110)63(40-58-15-12-34-89-48-58)44-74(101)69(41-55-21-28-65(87)29-22-55)94-79(106)52(5)37-57-20-27-59-16-10-11-17-60(59)39-57/h10-12,15-17,20-34,39,48,50-53,61-64,68-72,120-121H,7-9,13-14,18-19,35-38,40-47,49,115-119H2,1-6H3,(H2,88,105)(H,90,111)(H,91,107)(H,93,108)(H,94,106)(H,95,109)(H,96,110)(H2,92,98,113)(H,97,103,104)/t52-,53-,61-,62-,63+,68+,69-,70-,71+,72+,122?,123?/m1/s1. The molecule has 0 saturated carbocycles. The van der Waals surface area contributed by atoms with Crippen LogP contribution in [0.2, 0.25) is 5.02 Å². The number of pyridine rings is 1. The normalized spacial score (nSPS) is 16.4. The van der Waals surface area contributed by atoms with Crippen LogP contribution in [0.3, 0.4) is 0 Å². The molecule has 1 aromatic heterocycles. The van der Waals surface area contributed by atoms with Crippen molar-refractivity contribution in [3.63, 3.8) is 0 Å². The number of ketones is 3. The fourth-order valence-corrected chi connectivity index (χ4v) is 36.1. The molecule has 2 saturated heterocycles. The molecule has 11 N–H and O–H groups in total. The third-order valence-corrected chi connectivity index (χ3v) is 50.1. The molecule has 2 aliphatic heterocycles. The summed E-state index contributed by atoms with van der Waals surface area (Å²) in [5.41, 5.74) is 9.34. The van der Waals surface area contributed by atoms with Crippen LogP contribution in [0.15, 0.2) is 140 Å². The topological polar surface area (TPSA) is 399 Å². The Kier molecular flexibility index (Phi) is 43.1. The van der Waals surface area contributed by atoms with E-state index in [9.17, 15) is 38.4 Å². The number of imide groups is 1. The van der Waals surface area contributed by atoms with Gasteiger partial charge < -0.3 is 57.5 Å². The molecule has 6 aromatic rings. The number of anilines is 2. The van der Waals surface area contributed by atoms with Crippen molar-refractivity contribution in [2.75, 3.05) is 23.8 Å². The molecule has 0 aliphatic carbocycles. The molecule has 124 heavy (non-hydrogen) atoms. The number of carbonyl (C=O) groups is 14. The molecule has 8 rings (SSSR count). The van der Waals surface area contributed by atoms with Crippen molar-refractivity contribution in [3.05, 3.63) is 173 Å². The minimum atomic E-state index is -1.48. The number of benzene rings is 5. The van der Waals surface area contributed by atoms with Crippen LogP contribution in [0.4, 0.5) is 16.2 Å². The van der Waals surface area contributed by atoms with E-state index >= 15 is 28.8 Å². The number of urea groups is 1. The van der Waals surface area contributed by atoms with E-state index < -0.39 is 196 Å². The van der Waals surface area contributed by atoms with Crippen molar-refractivity contribution >= 4 is 199 Å². The van der Waals surface area contributed by atoms with Crippen molar-refractivity contribution in [2.45, 2.75) is 193 Å². The van der Waals surface area contributed by atoms with E-state index in [0.717, 1.165) is 35.6 Å². The Morgan fingerprint density at radius 1 is 0.565 bits per heavy atom. The quantitative estimate of drug-likeness (QED) is 0.00963. The molecule has 5 aromatic carbocycles. The minimum Gasteiger partial charge on any atom is -0.368 e. The molecule has 9 unspecified atom stereocenters. The number of hydrogen-bond donors (Lipinski definition) is 10. The van der Waals surface area contributed by atoms with Gasteiger partial charge in [0.1, 0.15) is 24.2 Å². The lowest BCUT2D eigenvalue weighted by Gasteiger charge is -2.30. The number of piperidine rings is 1. The molecular formula is C86H117ClN12O15P10. The monoisotopic (exact) mass is 1900 g/mol. The zero-order valence-electron chi connectivity index (χ0n) is 70.6. The Morgan fingerprint density at radius 2 is 1.10 bits per heavy atom. The third kappa shape index (κ3) is 34.0. The number of rotatable bonds is 49. The number of Topliss-reactive ketones (excluding diaryl/α,β-unsaturated/α-hetero) is 3. The van der Waals surface area contributed by atoms with Crippen LogP contribution in [-0.2, 0) is 99.0 Å². The van der Waals surface area contributed by atoms with E-state index in [-0.39, 0.29) is 77.5 Å². The molecule has 19 atom stereocenters. The van der Waals surface area contributed by atoms with Crippen molar-refractivity contribution in [1.82, 2.24) is 46.9 Å². The predicted octanol–water partition coefficient (Wildman–Crippen LogP) is 13.8. The molecule has 12 amide bonds. The Morgan fingerprint density at radius 3 is 1.67 bits per heavy atom. The lowest BCUT2D eigenvalue weighted by atomic mass is 9.87. The maximum atomic E-state index is 16.0. The Hall–Kier alpha value is -6.76. The minimum absolute atomic E-state index is 0.0343. The summed E-state index contributed by atoms with van der Waals surface area (Å²) >= 11 is 6.34. The fourth-order valence-electron chi connectivity index (χ4n) is 14.9. The van der Waals surface area contributed by atoms with Crippen LogP contribution in [-0.4, -0.2) is 142 Å². The first kappa shape index (κ1) is 103. The fraction of sp³-hybridized carbons (Fsp3) is 0.453. The Balaban J connectivity index is 1.14. The number of hydrogen-bond acceptors (Lipinski definition) is 16. The first-order valence-corrected chi connectivity index (χ1v) is 58.7. The summed E-state index contributed by atoms with van der Waals surface area (Å²) in [6.07, 6.45) is 5.29. The average molecular weight is 1900 g/mol. The zero-order valence-corrected chi connectivity index (χ0v) is 81.8. The number of aromatic nitrogens is 1. The molecule has 3 heterocycles. The maximum absolute atomic E-state index is 16.0. The second kappa shape index (κ2) is 52.0. The lowest BCUT2D eigenvalue weighted by Crippen LogP contribution is -2.56. The highest BCUT2D eigenvalue weighted by Gasteiger charge is 2.41. The summed E-state index contributed by atoms with van der Waals surface area (Å²) in [6.45, 7) is 10.4. The molecule has 2 fully saturated rings. The highest BCUT2D eigenvalue weighted by Crippen LogP contribution is 2.86. The smallest absolute Gasteiger partial charge is 0.323 e. The first-order chi connectivity index (χ1) is 59.1. The van der Waals surface area contributed by atoms with Crippen molar-refractivity contribution < 1.29 is 71.6 Å². The van der Waals surface area contributed by atoms with Gasteiger partial charge in [-0.2, -0.15) is 0 Å². The van der Waals surface area contributed by atoms with Gasteiger partial charge in [0.25, 0.3) is 0 Å². The van der Waals surface area contributed by atoms with E-state index in [4.69, 9.17) is 21.9 Å². The second-order valence-electron chi connectivity index (χ2n) is 32.5. The average Bonchev–Trinajstić information content (AvgIpc) is 1.60. The maximum Gasteiger partial charge on any atom is 0.323 e. The van der Waals surface area contributed by atoms with E-state index in [1.54, 1.807) is 104 Å². The number of amides is 12. The van der Waals surface area contributed by atoms with Crippen LogP contribution < -0.4 is 53.4 Å². The summed E-state index contributed by atoms with van der Waals surface area (Å²) in [7, 11) is 11.8. The van der Waals surface area contributed by atoms with Gasteiger partial charge in [0.05, 0.1) is 39.6 Å². The van der Waals surface area contributed by atoms with Crippen molar-refractivity contribution in [1.29, 1.82) is 0 Å². The van der Waals surface area contributed by atoms with E-state index in [0.29, 0.717) is 72.5 Å². The summed E-state index contributed by atoms with van der Waals surface area (Å²) in [5.74, 6) is -12.9. The van der Waals surface area contributed by atoms with Crippen LogP contribution in [0.1, 0.15) is 153 Å². The van der Waals surface area contributed by atoms with Crippen LogP contribution in [0.25, 0.3) is 10.8 Å². The number of halogens is 1. The highest BCUT2D eigenvalue weighted by molar-refractivity contribution is 8.87. The van der Waals surface area contributed by atoms with Gasteiger partial charge in [0.15, 0.2) is 17.3 Å². The molecular weight excluding hydrogens is 1790 g/mol.